The molecule has 0 fully saturated rings. The average Bonchev–Trinajstić information content (AvgIpc) is 3.06. The van der Waals surface area contributed by atoms with Crippen LogP contribution in [0.1, 0.15) is 16.1 Å². The van der Waals surface area contributed by atoms with Gasteiger partial charge >= 0.3 is 5.91 Å². The molecule has 0 saturated carbocycles. The molecular formula is C16H10N4O7. The summed E-state index contributed by atoms with van der Waals surface area (Å²) < 4.78 is 5.29. The highest BCUT2D eigenvalue weighted by atomic mass is 16.6. The summed E-state index contributed by atoms with van der Waals surface area (Å²) in [6.07, 6.45) is 1.04. The summed E-state index contributed by atoms with van der Waals surface area (Å²) in [5.41, 5.74) is 2.06. The monoisotopic (exact) mass is 370 g/mol. The van der Waals surface area contributed by atoms with Crippen LogP contribution in [0.3, 0.4) is 0 Å². The maximum Gasteiger partial charge on any atom is 0.307 e. The minimum absolute atomic E-state index is 0.0322. The maximum absolute atomic E-state index is 12.1. The quantitative estimate of drug-likeness (QED) is 0.396. The third-order valence-corrected chi connectivity index (χ3v) is 3.53. The van der Waals surface area contributed by atoms with Gasteiger partial charge in [0, 0.05) is 35.2 Å². The predicted molar refractivity (Wildman–Crippen MR) is 92.7 cm³/mol. The molecule has 2 N–H and O–H groups in total. The number of benzene rings is 2. The number of hydrogen-bond donors (Lipinski definition) is 2. The molecule has 1 amide bonds. The first-order valence-electron chi connectivity index (χ1n) is 7.34. The zero-order valence-electron chi connectivity index (χ0n) is 13.4. The molecule has 0 bridgehead atoms. The number of aromatic hydroxyl groups is 1. The molecule has 136 valence electrons. The van der Waals surface area contributed by atoms with E-state index in [4.69, 9.17) is 4.42 Å². The summed E-state index contributed by atoms with van der Waals surface area (Å²) in [6.45, 7) is 0. The molecule has 0 spiro atoms. The number of carbonyl (C=O) groups excluding carboxylic acids is 1. The molecule has 0 aliphatic heterocycles. The van der Waals surface area contributed by atoms with E-state index in [2.05, 4.69) is 10.5 Å². The van der Waals surface area contributed by atoms with Crippen molar-refractivity contribution in [3.05, 3.63) is 74.0 Å². The Balaban J connectivity index is 1.77. The van der Waals surface area contributed by atoms with Crippen molar-refractivity contribution in [3.63, 3.8) is 0 Å². The third kappa shape index (κ3) is 3.71. The molecule has 1 heterocycles. The summed E-state index contributed by atoms with van der Waals surface area (Å²) in [7, 11) is 0. The van der Waals surface area contributed by atoms with Crippen LogP contribution in [-0.2, 0) is 0 Å². The molecule has 1 aromatic heterocycles. The Kier molecular flexibility index (Phi) is 4.49. The molecular weight excluding hydrogens is 360 g/mol. The molecule has 3 rings (SSSR count). The van der Waals surface area contributed by atoms with E-state index in [-0.39, 0.29) is 34.0 Å². The lowest BCUT2D eigenvalue weighted by Gasteiger charge is -1.99. The zero-order chi connectivity index (χ0) is 19.6. The van der Waals surface area contributed by atoms with Crippen molar-refractivity contribution in [2.24, 2.45) is 5.10 Å². The summed E-state index contributed by atoms with van der Waals surface area (Å²) in [5.74, 6) is -1.13. The van der Waals surface area contributed by atoms with Crippen LogP contribution in [0.2, 0.25) is 0 Å². The van der Waals surface area contributed by atoms with E-state index >= 15 is 0 Å². The Bertz CT molecular complexity index is 1100. The average molecular weight is 370 g/mol. The third-order valence-electron chi connectivity index (χ3n) is 3.53. The Hall–Kier alpha value is -4.28. The highest BCUT2D eigenvalue weighted by Crippen LogP contribution is 2.24. The number of nitrogens with zero attached hydrogens (tertiary/aromatic N) is 3. The van der Waals surface area contributed by atoms with E-state index in [1.807, 2.05) is 0 Å². The molecule has 0 radical (unpaired) electrons. The molecule has 2 aromatic carbocycles. The van der Waals surface area contributed by atoms with Crippen molar-refractivity contribution < 1.29 is 24.2 Å². The number of furan rings is 1. The van der Waals surface area contributed by atoms with Crippen molar-refractivity contribution in [1.82, 2.24) is 5.43 Å². The minimum Gasteiger partial charge on any atom is -0.507 e. The van der Waals surface area contributed by atoms with Gasteiger partial charge in [0.25, 0.3) is 11.4 Å². The fraction of sp³-hybridized carbons (Fsp3) is 0. The number of nitro benzene ring substituents is 2. The van der Waals surface area contributed by atoms with E-state index in [9.17, 15) is 30.1 Å². The highest BCUT2D eigenvalue weighted by molar-refractivity contribution is 5.97. The van der Waals surface area contributed by atoms with Crippen molar-refractivity contribution in [2.75, 3.05) is 0 Å². The van der Waals surface area contributed by atoms with Gasteiger partial charge in [0.2, 0.25) is 0 Å². The predicted octanol–water partition coefficient (Wildman–Crippen LogP) is 2.72. The number of nitrogens with one attached hydrogen (secondary N) is 1. The van der Waals surface area contributed by atoms with E-state index < -0.39 is 15.8 Å². The number of carbonyl (C=O) groups is 1. The fourth-order valence-corrected chi connectivity index (χ4v) is 2.23. The van der Waals surface area contributed by atoms with Crippen molar-refractivity contribution in [2.45, 2.75) is 0 Å². The van der Waals surface area contributed by atoms with Gasteiger partial charge in [0.1, 0.15) is 11.3 Å². The number of nitro groups is 2. The second-order valence-corrected chi connectivity index (χ2v) is 5.29. The maximum atomic E-state index is 12.1. The van der Waals surface area contributed by atoms with Crippen molar-refractivity contribution >= 4 is 34.5 Å². The number of hydrazone groups is 1. The Morgan fingerprint density at radius 1 is 1.07 bits per heavy atom. The van der Waals surface area contributed by atoms with Gasteiger partial charge in [-0.2, -0.15) is 5.10 Å². The van der Waals surface area contributed by atoms with Crippen LogP contribution in [-0.4, -0.2) is 27.1 Å². The summed E-state index contributed by atoms with van der Waals surface area (Å²) in [5, 5.41) is 35.2. The van der Waals surface area contributed by atoms with Crippen LogP contribution in [0.4, 0.5) is 11.4 Å². The van der Waals surface area contributed by atoms with E-state index in [1.165, 1.54) is 24.3 Å². The molecule has 11 nitrogen and oxygen atoms in total. The second-order valence-electron chi connectivity index (χ2n) is 5.29. The van der Waals surface area contributed by atoms with Gasteiger partial charge in [-0.1, -0.05) is 0 Å². The molecule has 11 heteroatoms. The minimum atomic E-state index is -0.741. The van der Waals surface area contributed by atoms with Crippen LogP contribution < -0.4 is 5.43 Å². The lowest BCUT2D eigenvalue weighted by atomic mass is 10.2. The summed E-state index contributed by atoms with van der Waals surface area (Å²) in [6, 6.07) is 8.54. The number of phenolic OH excluding ortho intramolecular Hbond substituents is 1. The molecule has 0 saturated heterocycles. The topological polar surface area (TPSA) is 161 Å². The van der Waals surface area contributed by atoms with Gasteiger partial charge in [-0.3, -0.25) is 25.0 Å². The number of amides is 1. The largest absolute Gasteiger partial charge is 0.507 e. The van der Waals surface area contributed by atoms with Crippen molar-refractivity contribution in [3.8, 4) is 5.75 Å². The Labute approximate surface area is 149 Å². The second kappa shape index (κ2) is 6.92. The first-order chi connectivity index (χ1) is 12.8. The SMILES string of the molecule is O=C(N/N=C\c1cc([N+](=O)[O-])ccc1O)c1cc2cc([N+](=O)[O-])ccc2o1. The molecule has 3 aromatic rings. The van der Waals surface area contributed by atoms with Crippen LogP contribution in [0.15, 0.2) is 52.0 Å². The van der Waals surface area contributed by atoms with Crippen molar-refractivity contribution in [1.29, 1.82) is 0 Å². The van der Waals surface area contributed by atoms with Gasteiger partial charge in [-0.15, -0.1) is 0 Å². The molecule has 27 heavy (non-hydrogen) atoms. The summed E-state index contributed by atoms with van der Waals surface area (Å²) in [4.78, 5) is 32.4. The number of fused-ring (bicyclic) bond motifs is 1. The van der Waals surface area contributed by atoms with E-state index in [0.717, 1.165) is 24.4 Å². The van der Waals surface area contributed by atoms with E-state index in [0.29, 0.717) is 5.39 Å². The first-order valence-corrected chi connectivity index (χ1v) is 7.34. The lowest BCUT2D eigenvalue weighted by molar-refractivity contribution is -0.385. The molecule has 0 aliphatic rings. The number of rotatable bonds is 5. The van der Waals surface area contributed by atoms with Crippen LogP contribution in [0.5, 0.6) is 5.75 Å². The lowest BCUT2D eigenvalue weighted by Crippen LogP contribution is -2.16. The Morgan fingerprint density at radius 2 is 1.74 bits per heavy atom. The number of hydrogen-bond acceptors (Lipinski definition) is 8. The van der Waals surface area contributed by atoms with Gasteiger partial charge in [-0.05, 0) is 18.2 Å². The fourth-order valence-electron chi connectivity index (χ4n) is 2.23. The zero-order valence-corrected chi connectivity index (χ0v) is 13.4. The first kappa shape index (κ1) is 17.5. The normalized spacial score (nSPS) is 11.0. The van der Waals surface area contributed by atoms with Gasteiger partial charge < -0.3 is 9.52 Å². The van der Waals surface area contributed by atoms with Crippen LogP contribution in [0.25, 0.3) is 11.0 Å². The molecule has 0 unspecified atom stereocenters. The van der Waals surface area contributed by atoms with E-state index in [1.54, 1.807) is 0 Å². The van der Waals surface area contributed by atoms with Crippen LogP contribution >= 0.6 is 0 Å². The highest BCUT2D eigenvalue weighted by Gasteiger charge is 2.15. The number of non-ortho nitro benzene ring substituents is 2. The number of phenols is 1. The van der Waals surface area contributed by atoms with Crippen LogP contribution in [0, 0.1) is 20.2 Å². The molecule has 0 atom stereocenters. The Morgan fingerprint density at radius 3 is 2.44 bits per heavy atom. The van der Waals surface area contributed by atoms with Gasteiger partial charge in [-0.25, -0.2) is 5.43 Å². The van der Waals surface area contributed by atoms with Gasteiger partial charge in [0.15, 0.2) is 5.76 Å². The summed E-state index contributed by atoms with van der Waals surface area (Å²) >= 11 is 0. The smallest absolute Gasteiger partial charge is 0.307 e. The molecule has 0 aliphatic carbocycles. The van der Waals surface area contributed by atoms with Gasteiger partial charge in [0.05, 0.1) is 16.1 Å². The standard InChI is InChI=1S/C16H10N4O7/c21-13-3-1-11(19(23)24)6-10(13)8-17-18-16(22)15-7-9-5-12(20(25)26)2-4-14(9)27-15/h1-8,21H,(H,18,22)/b17-8-.